The van der Waals surface area contributed by atoms with Gasteiger partial charge in [0.2, 0.25) is 0 Å². The van der Waals surface area contributed by atoms with E-state index < -0.39 is 0 Å². The van der Waals surface area contributed by atoms with Crippen molar-refractivity contribution in [3.8, 4) is 0 Å². The second-order valence-electron chi connectivity index (χ2n) is 1.54. The van der Waals surface area contributed by atoms with E-state index in [1.807, 2.05) is 6.92 Å². The summed E-state index contributed by atoms with van der Waals surface area (Å²) in [6, 6.07) is 0.164. The van der Waals surface area contributed by atoms with E-state index in [1.165, 1.54) is 0 Å². The van der Waals surface area contributed by atoms with Crippen molar-refractivity contribution < 1.29 is 4.74 Å². The van der Waals surface area contributed by atoms with E-state index in [1.54, 1.807) is 0 Å². The van der Waals surface area contributed by atoms with Crippen LogP contribution in [0.3, 0.4) is 0 Å². The average molecular weight is 102 g/mol. The van der Waals surface area contributed by atoms with Crippen LogP contribution in [-0.4, -0.2) is 12.6 Å². The molecule has 0 amide bonds. The van der Waals surface area contributed by atoms with Crippen LogP contribution < -0.4 is 5.73 Å². The minimum Gasteiger partial charge on any atom is -0.377 e. The van der Waals surface area contributed by atoms with Gasteiger partial charge in [-0.25, -0.2) is 0 Å². The lowest BCUT2D eigenvalue weighted by Crippen LogP contribution is -2.23. The molecule has 0 saturated carbocycles. The molecule has 0 aliphatic heterocycles. The summed E-state index contributed by atoms with van der Waals surface area (Å²) >= 11 is 0. The van der Waals surface area contributed by atoms with E-state index >= 15 is 0 Å². The van der Waals surface area contributed by atoms with Crippen molar-refractivity contribution in [3.05, 3.63) is 7.11 Å². The third-order valence-electron chi connectivity index (χ3n) is 0.856. The summed E-state index contributed by atoms with van der Waals surface area (Å²) in [4.78, 5) is 0. The zero-order valence-electron chi connectivity index (χ0n) is 4.68. The normalized spacial score (nSPS) is 14.1. The molecule has 0 aliphatic carbocycles. The third-order valence-corrected chi connectivity index (χ3v) is 0.856. The van der Waals surface area contributed by atoms with Crippen LogP contribution in [0, 0.1) is 7.11 Å². The lowest BCUT2D eigenvalue weighted by atomic mass is 10.3. The van der Waals surface area contributed by atoms with Crippen LogP contribution in [0.15, 0.2) is 0 Å². The minimum absolute atomic E-state index is 0.164. The maximum atomic E-state index is 5.42. The Balaban J connectivity index is 2.83. The Labute approximate surface area is 44.7 Å². The van der Waals surface area contributed by atoms with Crippen molar-refractivity contribution in [1.82, 2.24) is 0 Å². The molecule has 0 spiro atoms. The summed E-state index contributed by atoms with van der Waals surface area (Å²) in [6.07, 6.45) is 0.954. The Kier molecular flexibility index (Phi) is 4.04. The first kappa shape index (κ1) is 6.92. The topological polar surface area (TPSA) is 35.2 Å². The maximum Gasteiger partial charge on any atom is 0.0701 e. The fourth-order valence-corrected chi connectivity index (χ4v) is 0.269. The summed E-state index contributed by atoms with van der Waals surface area (Å²) in [5.74, 6) is 0. The Morgan fingerprint density at radius 2 is 2.43 bits per heavy atom. The molecule has 1 atom stereocenters. The van der Waals surface area contributed by atoms with Gasteiger partial charge in [-0.15, -0.1) is 0 Å². The van der Waals surface area contributed by atoms with Gasteiger partial charge in [-0.2, -0.15) is 0 Å². The zero-order chi connectivity index (χ0) is 5.70. The van der Waals surface area contributed by atoms with Crippen molar-refractivity contribution in [1.29, 1.82) is 0 Å². The highest BCUT2D eigenvalue weighted by Crippen LogP contribution is 1.84. The standard InChI is InChI=1S/C5H12NO/c1-3-5(6)4-7-2/h5H,2-4,6H2,1H3. The molecule has 1 radical (unpaired) electrons. The Morgan fingerprint density at radius 3 is 2.57 bits per heavy atom. The van der Waals surface area contributed by atoms with Crippen LogP contribution in [-0.2, 0) is 4.74 Å². The highest BCUT2D eigenvalue weighted by molar-refractivity contribution is 4.54. The second kappa shape index (κ2) is 4.09. The van der Waals surface area contributed by atoms with Gasteiger partial charge < -0.3 is 10.5 Å². The molecule has 2 nitrogen and oxygen atoms in total. The monoisotopic (exact) mass is 102 g/mol. The molecule has 0 bridgehead atoms. The van der Waals surface area contributed by atoms with Crippen molar-refractivity contribution in [3.63, 3.8) is 0 Å². The van der Waals surface area contributed by atoms with E-state index in [2.05, 4.69) is 11.8 Å². The van der Waals surface area contributed by atoms with E-state index in [9.17, 15) is 0 Å². The van der Waals surface area contributed by atoms with Crippen LogP contribution in [0.4, 0.5) is 0 Å². The van der Waals surface area contributed by atoms with Gasteiger partial charge in [0.05, 0.1) is 13.7 Å². The summed E-state index contributed by atoms with van der Waals surface area (Å²) in [6.45, 7) is 2.58. The molecule has 0 saturated heterocycles. The van der Waals surface area contributed by atoms with E-state index in [0.29, 0.717) is 6.61 Å². The van der Waals surface area contributed by atoms with Crippen LogP contribution >= 0.6 is 0 Å². The summed E-state index contributed by atoms with van der Waals surface area (Å²) < 4.78 is 4.52. The third kappa shape index (κ3) is 3.76. The van der Waals surface area contributed by atoms with Crippen LogP contribution in [0.25, 0.3) is 0 Å². The highest BCUT2D eigenvalue weighted by Gasteiger charge is 1.93. The molecule has 2 N–H and O–H groups in total. The molecule has 43 valence electrons. The van der Waals surface area contributed by atoms with Crippen molar-refractivity contribution in [2.45, 2.75) is 19.4 Å². The van der Waals surface area contributed by atoms with Gasteiger partial charge in [0.15, 0.2) is 0 Å². The lowest BCUT2D eigenvalue weighted by molar-refractivity contribution is 0.218. The SMILES string of the molecule is [CH2]OCC(N)CC. The molecule has 1 unspecified atom stereocenters. The van der Waals surface area contributed by atoms with Gasteiger partial charge in [0, 0.05) is 6.04 Å². The van der Waals surface area contributed by atoms with Crippen LogP contribution in [0.5, 0.6) is 0 Å². The first-order valence-electron chi connectivity index (χ1n) is 2.43. The predicted octanol–water partition coefficient (Wildman–Crippen LogP) is 0.532. The Hall–Kier alpha value is -0.0800. The molecular weight excluding hydrogens is 90.1 g/mol. The summed E-state index contributed by atoms with van der Waals surface area (Å²) in [7, 11) is 3.19. The zero-order valence-corrected chi connectivity index (χ0v) is 4.68. The molecule has 0 aromatic rings. The second-order valence-corrected chi connectivity index (χ2v) is 1.54. The fraction of sp³-hybridized carbons (Fsp3) is 0.800. The van der Waals surface area contributed by atoms with Crippen molar-refractivity contribution in [2.75, 3.05) is 6.61 Å². The summed E-state index contributed by atoms with van der Waals surface area (Å²) in [5.41, 5.74) is 5.42. The molecule has 0 fully saturated rings. The summed E-state index contributed by atoms with van der Waals surface area (Å²) in [5, 5.41) is 0. The minimum atomic E-state index is 0.164. The Morgan fingerprint density at radius 1 is 1.86 bits per heavy atom. The van der Waals surface area contributed by atoms with E-state index in [0.717, 1.165) is 6.42 Å². The molecule has 2 heteroatoms. The van der Waals surface area contributed by atoms with Gasteiger partial charge in [0.25, 0.3) is 0 Å². The first-order valence-corrected chi connectivity index (χ1v) is 2.43. The maximum absolute atomic E-state index is 5.42. The first-order chi connectivity index (χ1) is 3.31. The van der Waals surface area contributed by atoms with Gasteiger partial charge in [-0.05, 0) is 6.42 Å². The van der Waals surface area contributed by atoms with Gasteiger partial charge >= 0.3 is 0 Å². The van der Waals surface area contributed by atoms with Crippen molar-refractivity contribution in [2.24, 2.45) is 5.73 Å². The fourth-order valence-electron chi connectivity index (χ4n) is 0.269. The average Bonchev–Trinajstić information content (AvgIpc) is 1.68. The molecule has 0 heterocycles. The quantitative estimate of drug-likeness (QED) is 0.564. The molecule has 7 heavy (non-hydrogen) atoms. The largest absolute Gasteiger partial charge is 0.377 e. The predicted molar refractivity (Wildman–Crippen MR) is 29.6 cm³/mol. The number of hydrogen-bond acceptors (Lipinski definition) is 2. The van der Waals surface area contributed by atoms with Crippen molar-refractivity contribution >= 4 is 0 Å². The lowest BCUT2D eigenvalue weighted by Gasteiger charge is -2.03. The number of rotatable bonds is 3. The molecule has 0 rings (SSSR count). The van der Waals surface area contributed by atoms with Crippen LogP contribution in [0.2, 0.25) is 0 Å². The number of ether oxygens (including phenoxy) is 1. The van der Waals surface area contributed by atoms with Gasteiger partial charge in [0.1, 0.15) is 0 Å². The van der Waals surface area contributed by atoms with E-state index in [4.69, 9.17) is 5.73 Å². The molecule has 0 aromatic carbocycles. The van der Waals surface area contributed by atoms with Gasteiger partial charge in [-0.1, -0.05) is 6.92 Å². The molecular formula is C5H12NO. The van der Waals surface area contributed by atoms with E-state index in [-0.39, 0.29) is 6.04 Å². The smallest absolute Gasteiger partial charge is 0.0701 e. The molecule has 0 aromatic heterocycles. The van der Waals surface area contributed by atoms with Crippen LogP contribution in [0.1, 0.15) is 13.3 Å². The number of hydrogen-bond donors (Lipinski definition) is 1. The molecule has 0 aliphatic rings. The highest BCUT2D eigenvalue weighted by atomic mass is 16.5. The number of nitrogens with two attached hydrogens (primary N) is 1. The Bertz CT molecular complexity index is 39.1. The van der Waals surface area contributed by atoms with Gasteiger partial charge in [-0.3, -0.25) is 0 Å².